The maximum absolute atomic E-state index is 11.5. The van der Waals surface area contributed by atoms with E-state index in [0.717, 1.165) is 24.9 Å². The molecule has 2 amide bonds. The van der Waals surface area contributed by atoms with Crippen LogP contribution in [0.15, 0.2) is 30.3 Å². The lowest BCUT2D eigenvalue weighted by Gasteiger charge is -2.14. The van der Waals surface area contributed by atoms with Crippen molar-refractivity contribution in [2.75, 3.05) is 6.54 Å². The van der Waals surface area contributed by atoms with E-state index in [1.165, 1.54) is 0 Å². The minimum absolute atomic E-state index is 0.0443. The molecule has 0 aromatic heterocycles. The van der Waals surface area contributed by atoms with E-state index in [-0.39, 0.29) is 12.1 Å². The van der Waals surface area contributed by atoms with Gasteiger partial charge in [-0.25, -0.2) is 4.79 Å². The lowest BCUT2D eigenvalue weighted by molar-refractivity contribution is 0.238. The second-order valence-electron chi connectivity index (χ2n) is 3.89. The van der Waals surface area contributed by atoms with Gasteiger partial charge in [-0.1, -0.05) is 43.7 Å². The summed E-state index contributed by atoms with van der Waals surface area (Å²) in [6.07, 6.45) is 2.11. The van der Waals surface area contributed by atoms with Crippen LogP contribution in [0.3, 0.4) is 0 Å². The van der Waals surface area contributed by atoms with Crippen molar-refractivity contribution in [1.82, 2.24) is 10.6 Å². The minimum Gasteiger partial charge on any atom is -0.338 e. The Kier molecular flexibility index (Phi) is 5.40. The second kappa shape index (κ2) is 6.88. The fourth-order valence-corrected chi connectivity index (χ4v) is 1.45. The molecular formula is C13H20N2O. The molecule has 0 heterocycles. The molecule has 1 aromatic carbocycles. The Bertz CT molecular complexity index is 311. The summed E-state index contributed by atoms with van der Waals surface area (Å²) in [7, 11) is 0. The Hall–Kier alpha value is -1.51. The van der Waals surface area contributed by atoms with Gasteiger partial charge in [0.05, 0.1) is 6.04 Å². The number of hydrogen-bond acceptors (Lipinski definition) is 1. The lowest BCUT2D eigenvalue weighted by Crippen LogP contribution is -2.37. The summed E-state index contributed by atoms with van der Waals surface area (Å²) in [5.74, 6) is 0. The highest BCUT2D eigenvalue weighted by atomic mass is 16.2. The van der Waals surface area contributed by atoms with Crippen LogP contribution in [0.4, 0.5) is 4.79 Å². The van der Waals surface area contributed by atoms with E-state index in [4.69, 9.17) is 0 Å². The van der Waals surface area contributed by atoms with Crippen LogP contribution in [0.2, 0.25) is 0 Å². The average molecular weight is 220 g/mol. The molecule has 88 valence electrons. The number of hydrogen-bond donors (Lipinski definition) is 2. The predicted molar refractivity (Wildman–Crippen MR) is 66.3 cm³/mol. The molecule has 3 nitrogen and oxygen atoms in total. The molecule has 0 saturated heterocycles. The van der Waals surface area contributed by atoms with Gasteiger partial charge in [0.2, 0.25) is 0 Å². The molecule has 0 aliphatic carbocycles. The Balaban J connectivity index is 2.34. The number of nitrogens with one attached hydrogen (secondary N) is 2. The van der Waals surface area contributed by atoms with Gasteiger partial charge in [-0.3, -0.25) is 0 Å². The molecule has 1 unspecified atom stereocenters. The molecule has 1 aromatic rings. The summed E-state index contributed by atoms with van der Waals surface area (Å²) in [6, 6.07) is 9.89. The van der Waals surface area contributed by atoms with Crippen molar-refractivity contribution in [3.8, 4) is 0 Å². The smallest absolute Gasteiger partial charge is 0.315 e. The number of amides is 2. The highest BCUT2D eigenvalue weighted by molar-refractivity contribution is 5.74. The van der Waals surface area contributed by atoms with Crippen LogP contribution in [0.1, 0.15) is 38.3 Å². The van der Waals surface area contributed by atoms with Crippen molar-refractivity contribution >= 4 is 6.03 Å². The van der Waals surface area contributed by atoms with Crippen LogP contribution in [0.5, 0.6) is 0 Å². The molecule has 0 saturated carbocycles. The lowest BCUT2D eigenvalue weighted by atomic mass is 10.1. The fourth-order valence-electron chi connectivity index (χ4n) is 1.45. The summed E-state index contributed by atoms with van der Waals surface area (Å²) in [6.45, 7) is 4.82. The topological polar surface area (TPSA) is 41.1 Å². The maximum Gasteiger partial charge on any atom is 0.315 e. The van der Waals surface area contributed by atoms with Gasteiger partial charge < -0.3 is 10.6 Å². The normalized spacial score (nSPS) is 11.9. The predicted octanol–water partition coefficient (Wildman–Crippen LogP) is 2.85. The van der Waals surface area contributed by atoms with Gasteiger partial charge in [0.1, 0.15) is 0 Å². The van der Waals surface area contributed by atoms with Crippen LogP contribution >= 0.6 is 0 Å². The van der Waals surface area contributed by atoms with Crippen LogP contribution in [-0.4, -0.2) is 12.6 Å². The number of unbranched alkanes of at least 4 members (excludes halogenated alkanes) is 1. The number of rotatable bonds is 5. The summed E-state index contributed by atoms with van der Waals surface area (Å²) in [5.41, 5.74) is 1.12. The minimum atomic E-state index is -0.0928. The molecule has 0 fully saturated rings. The molecule has 0 spiro atoms. The number of carbonyl (C=O) groups is 1. The van der Waals surface area contributed by atoms with Gasteiger partial charge in [0.25, 0.3) is 0 Å². The average Bonchev–Trinajstić information content (AvgIpc) is 2.30. The first-order chi connectivity index (χ1) is 7.74. The van der Waals surface area contributed by atoms with E-state index in [0.29, 0.717) is 0 Å². The summed E-state index contributed by atoms with van der Waals surface area (Å²) in [5, 5.41) is 5.74. The third kappa shape index (κ3) is 4.34. The number of benzene rings is 1. The van der Waals surface area contributed by atoms with E-state index in [1.54, 1.807) is 0 Å². The first kappa shape index (κ1) is 12.6. The Labute approximate surface area is 97.2 Å². The summed E-state index contributed by atoms with van der Waals surface area (Å²) < 4.78 is 0. The van der Waals surface area contributed by atoms with E-state index < -0.39 is 0 Å². The fraction of sp³-hybridized carbons (Fsp3) is 0.462. The largest absolute Gasteiger partial charge is 0.338 e. The molecule has 0 aliphatic rings. The van der Waals surface area contributed by atoms with Gasteiger partial charge in [-0.15, -0.1) is 0 Å². The molecular weight excluding hydrogens is 200 g/mol. The molecule has 0 bridgehead atoms. The molecule has 16 heavy (non-hydrogen) atoms. The van der Waals surface area contributed by atoms with E-state index in [1.807, 2.05) is 37.3 Å². The molecule has 1 atom stereocenters. The van der Waals surface area contributed by atoms with Crippen molar-refractivity contribution < 1.29 is 4.79 Å². The maximum atomic E-state index is 11.5. The quantitative estimate of drug-likeness (QED) is 0.736. The number of carbonyl (C=O) groups excluding carboxylic acids is 1. The first-order valence-electron chi connectivity index (χ1n) is 5.83. The zero-order valence-electron chi connectivity index (χ0n) is 9.99. The van der Waals surface area contributed by atoms with E-state index in [9.17, 15) is 4.79 Å². The Morgan fingerprint density at radius 3 is 2.62 bits per heavy atom. The highest BCUT2D eigenvalue weighted by Crippen LogP contribution is 2.10. The monoisotopic (exact) mass is 220 g/mol. The van der Waals surface area contributed by atoms with Crippen molar-refractivity contribution in [3.63, 3.8) is 0 Å². The van der Waals surface area contributed by atoms with Gasteiger partial charge >= 0.3 is 6.03 Å². The van der Waals surface area contributed by atoms with E-state index in [2.05, 4.69) is 17.6 Å². The molecule has 1 rings (SSSR count). The van der Waals surface area contributed by atoms with Gasteiger partial charge in [-0.05, 0) is 18.9 Å². The summed E-state index contributed by atoms with van der Waals surface area (Å²) in [4.78, 5) is 11.5. The third-order valence-corrected chi connectivity index (χ3v) is 2.46. The van der Waals surface area contributed by atoms with Crippen LogP contribution in [0.25, 0.3) is 0 Å². The van der Waals surface area contributed by atoms with Crippen molar-refractivity contribution in [1.29, 1.82) is 0 Å². The van der Waals surface area contributed by atoms with Crippen molar-refractivity contribution in [3.05, 3.63) is 35.9 Å². The third-order valence-electron chi connectivity index (χ3n) is 2.46. The molecule has 0 aliphatic heterocycles. The zero-order chi connectivity index (χ0) is 11.8. The second-order valence-corrected chi connectivity index (χ2v) is 3.89. The Morgan fingerprint density at radius 2 is 2.00 bits per heavy atom. The van der Waals surface area contributed by atoms with Gasteiger partial charge in [0, 0.05) is 6.54 Å². The highest BCUT2D eigenvalue weighted by Gasteiger charge is 2.07. The summed E-state index contributed by atoms with van der Waals surface area (Å²) >= 11 is 0. The Morgan fingerprint density at radius 1 is 1.31 bits per heavy atom. The van der Waals surface area contributed by atoms with Gasteiger partial charge in [0.15, 0.2) is 0 Å². The molecule has 0 radical (unpaired) electrons. The van der Waals surface area contributed by atoms with Crippen LogP contribution in [-0.2, 0) is 0 Å². The van der Waals surface area contributed by atoms with E-state index >= 15 is 0 Å². The molecule has 3 heteroatoms. The van der Waals surface area contributed by atoms with Crippen LogP contribution < -0.4 is 10.6 Å². The SMILES string of the molecule is CCCCNC(=O)NC(C)c1ccccc1. The van der Waals surface area contributed by atoms with Gasteiger partial charge in [-0.2, -0.15) is 0 Å². The molecule has 2 N–H and O–H groups in total. The zero-order valence-corrected chi connectivity index (χ0v) is 9.99. The first-order valence-corrected chi connectivity index (χ1v) is 5.83. The van der Waals surface area contributed by atoms with Crippen molar-refractivity contribution in [2.24, 2.45) is 0 Å². The standard InChI is InChI=1S/C13H20N2O/c1-3-4-10-14-13(16)15-11(2)12-8-6-5-7-9-12/h5-9,11H,3-4,10H2,1-2H3,(H2,14,15,16). The van der Waals surface area contributed by atoms with Crippen molar-refractivity contribution in [2.45, 2.75) is 32.7 Å². The number of urea groups is 1. The van der Waals surface area contributed by atoms with Crippen LogP contribution in [0, 0.1) is 0 Å².